The first-order valence-electron chi connectivity index (χ1n) is 4.85. The Labute approximate surface area is 96.8 Å². The van der Waals surface area contributed by atoms with Crippen LogP contribution in [0.4, 0.5) is 4.39 Å². The van der Waals surface area contributed by atoms with E-state index in [1.165, 1.54) is 23.5 Å². The number of benzene rings is 1. The van der Waals surface area contributed by atoms with Gasteiger partial charge in [-0.3, -0.25) is 4.79 Å². The Bertz CT molecular complexity index is 521. The summed E-state index contributed by atoms with van der Waals surface area (Å²) in [5.74, 6) is -0.706. The van der Waals surface area contributed by atoms with Crippen molar-refractivity contribution >= 4 is 17.1 Å². The predicted octanol–water partition coefficient (Wildman–Crippen LogP) is 3.02. The van der Waals surface area contributed by atoms with Gasteiger partial charge in [0.2, 0.25) is 0 Å². The predicted molar refractivity (Wildman–Crippen MR) is 61.3 cm³/mol. The minimum atomic E-state index is -0.473. The molecule has 1 heterocycles. The van der Waals surface area contributed by atoms with Crippen molar-refractivity contribution in [3.05, 3.63) is 51.7 Å². The normalized spacial score (nSPS) is 10.4. The highest BCUT2D eigenvalue weighted by Gasteiger charge is 2.12. The van der Waals surface area contributed by atoms with Crippen LogP contribution in [-0.4, -0.2) is 10.8 Å². The van der Waals surface area contributed by atoms with Crippen LogP contribution in [0.3, 0.4) is 0 Å². The number of aromatic nitrogens is 1. The number of thiazole rings is 1. The number of carbonyl (C=O) groups is 1. The van der Waals surface area contributed by atoms with Crippen molar-refractivity contribution in [1.29, 1.82) is 0 Å². The molecule has 2 aromatic rings. The largest absolute Gasteiger partial charge is 0.294 e. The number of halogens is 1. The Balaban J connectivity index is 2.18. The third kappa shape index (κ3) is 2.33. The Morgan fingerprint density at radius 2 is 2.19 bits per heavy atom. The molecule has 0 spiro atoms. The molecule has 82 valence electrons. The van der Waals surface area contributed by atoms with E-state index in [1.54, 1.807) is 12.1 Å². The van der Waals surface area contributed by atoms with E-state index in [-0.39, 0.29) is 17.8 Å². The SMILES string of the molecule is Cc1nc(CC(=O)c2ccccc2F)cs1. The van der Waals surface area contributed by atoms with Crippen LogP contribution in [0.1, 0.15) is 21.1 Å². The fourth-order valence-electron chi connectivity index (χ4n) is 1.44. The fourth-order valence-corrected chi connectivity index (χ4v) is 2.05. The summed E-state index contributed by atoms with van der Waals surface area (Å²) in [6, 6.07) is 6.01. The molecule has 0 aliphatic rings. The van der Waals surface area contributed by atoms with E-state index in [2.05, 4.69) is 4.98 Å². The van der Waals surface area contributed by atoms with E-state index in [9.17, 15) is 9.18 Å². The quantitative estimate of drug-likeness (QED) is 0.765. The number of aryl methyl sites for hydroxylation is 1. The van der Waals surface area contributed by atoms with Gasteiger partial charge in [0.25, 0.3) is 0 Å². The second-order valence-corrected chi connectivity index (χ2v) is 4.50. The van der Waals surface area contributed by atoms with Crippen LogP contribution in [0.15, 0.2) is 29.6 Å². The van der Waals surface area contributed by atoms with Gasteiger partial charge in [0.05, 0.1) is 22.7 Å². The lowest BCUT2D eigenvalue weighted by atomic mass is 10.1. The van der Waals surface area contributed by atoms with Crippen LogP contribution in [0.2, 0.25) is 0 Å². The molecule has 0 bridgehead atoms. The van der Waals surface area contributed by atoms with Crippen molar-refractivity contribution in [1.82, 2.24) is 4.98 Å². The first-order chi connectivity index (χ1) is 7.66. The molecular formula is C12H10FNOS. The molecule has 2 nitrogen and oxygen atoms in total. The van der Waals surface area contributed by atoms with Crippen molar-refractivity contribution in [2.24, 2.45) is 0 Å². The Kier molecular flexibility index (Phi) is 3.10. The molecule has 16 heavy (non-hydrogen) atoms. The summed E-state index contributed by atoms with van der Waals surface area (Å²) >= 11 is 1.49. The minimum Gasteiger partial charge on any atom is -0.294 e. The zero-order valence-electron chi connectivity index (χ0n) is 8.74. The highest BCUT2D eigenvalue weighted by atomic mass is 32.1. The topological polar surface area (TPSA) is 30.0 Å². The number of nitrogens with zero attached hydrogens (tertiary/aromatic N) is 1. The number of Topliss-reactive ketones (excluding diaryl/α,β-unsaturated/α-hetero) is 1. The van der Waals surface area contributed by atoms with Crippen molar-refractivity contribution in [3.8, 4) is 0 Å². The molecule has 0 saturated carbocycles. The summed E-state index contributed by atoms with van der Waals surface area (Å²) in [7, 11) is 0. The highest BCUT2D eigenvalue weighted by Crippen LogP contribution is 2.13. The molecule has 0 radical (unpaired) electrons. The van der Waals surface area contributed by atoms with Crippen LogP contribution in [0.5, 0.6) is 0 Å². The number of hydrogen-bond acceptors (Lipinski definition) is 3. The highest BCUT2D eigenvalue weighted by molar-refractivity contribution is 7.09. The number of hydrogen-bond donors (Lipinski definition) is 0. The lowest BCUT2D eigenvalue weighted by Crippen LogP contribution is -2.06. The second-order valence-electron chi connectivity index (χ2n) is 3.44. The van der Waals surface area contributed by atoms with Gasteiger partial charge in [0.15, 0.2) is 5.78 Å². The van der Waals surface area contributed by atoms with Crippen LogP contribution in [0.25, 0.3) is 0 Å². The van der Waals surface area contributed by atoms with E-state index in [0.29, 0.717) is 5.69 Å². The molecule has 1 aromatic carbocycles. The summed E-state index contributed by atoms with van der Waals surface area (Å²) in [5, 5.41) is 2.74. The summed E-state index contributed by atoms with van der Waals surface area (Å²) < 4.78 is 13.3. The van der Waals surface area contributed by atoms with Crippen molar-refractivity contribution in [2.45, 2.75) is 13.3 Å². The summed E-state index contributed by atoms with van der Waals surface area (Å²) in [5.41, 5.74) is 0.837. The van der Waals surface area contributed by atoms with Gasteiger partial charge >= 0.3 is 0 Å². The maximum atomic E-state index is 13.3. The van der Waals surface area contributed by atoms with Crippen molar-refractivity contribution in [3.63, 3.8) is 0 Å². The Morgan fingerprint density at radius 3 is 2.81 bits per heavy atom. The molecule has 0 aliphatic carbocycles. The van der Waals surface area contributed by atoms with E-state index in [0.717, 1.165) is 5.01 Å². The zero-order chi connectivity index (χ0) is 11.5. The Morgan fingerprint density at radius 1 is 1.44 bits per heavy atom. The van der Waals surface area contributed by atoms with Crippen LogP contribution in [-0.2, 0) is 6.42 Å². The van der Waals surface area contributed by atoms with Crippen LogP contribution < -0.4 is 0 Å². The molecule has 1 aromatic heterocycles. The number of ketones is 1. The summed E-state index contributed by atoms with van der Waals surface area (Å²) in [6.07, 6.45) is 0.158. The minimum absolute atomic E-state index is 0.133. The average molecular weight is 235 g/mol. The molecule has 0 amide bonds. The van der Waals surface area contributed by atoms with Crippen molar-refractivity contribution < 1.29 is 9.18 Å². The van der Waals surface area contributed by atoms with Crippen LogP contribution >= 0.6 is 11.3 Å². The lowest BCUT2D eigenvalue weighted by molar-refractivity contribution is 0.0988. The Hall–Kier alpha value is -1.55. The first-order valence-corrected chi connectivity index (χ1v) is 5.73. The van der Waals surface area contributed by atoms with Gasteiger partial charge in [-0.2, -0.15) is 0 Å². The van der Waals surface area contributed by atoms with Gasteiger partial charge in [-0.15, -0.1) is 11.3 Å². The smallest absolute Gasteiger partial charge is 0.171 e. The fraction of sp³-hybridized carbons (Fsp3) is 0.167. The van der Waals surface area contributed by atoms with Gasteiger partial charge in [-0.05, 0) is 19.1 Å². The summed E-state index contributed by atoms with van der Waals surface area (Å²) in [4.78, 5) is 15.9. The number of carbonyl (C=O) groups excluding carboxylic acids is 1. The molecular weight excluding hydrogens is 225 g/mol. The van der Waals surface area contributed by atoms with E-state index in [4.69, 9.17) is 0 Å². The van der Waals surface area contributed by atoms with E-state index < -0.39 is 5.82 Å². The zero-order valence-corrected chi connectivity index (χ0v) is 9.55. The van der Waals surface area contributed by atoms with Crippen LogP contribution in [0, 0.1) is 12.7 Å². The third-order valence-electron chi connectivity index (χ3n) is 2.18. The molecule has 4 heteroatoms. The maximum Gasteiger partial charge on any atom is 0.171 e. The second kappa shape index (κ2) is 4.53. The molecule has 0 fully saturated rings. The number of rotatable bonds is 3. The van der Waals surface area contributed by atoms with Gasteiger partial charge < -0.3 is 0 Å². The van der Waals surface area contributed by atoms with Gasteiger partial charge in [0, 0.05) is 5.38 Å². The van der Waals surface area contributed by atoms with Gasteiger partial charge in [0.1, 0.15) is 5.82 Å². The first kappa shape index (κ1) is 11.0. The van der Waals surface area contributed by atoms with E-state index in [1.807, 2.05) is 12.3 Å². The van der Waals surface area contributed by atoms with Gasteiger partial charge in [-0.1, -0.05) is 12.1 Å². The van der Waals surface area contributed by atoms with Crippen molar-refractivity contribution in [2.75, 3.05) is 0 Å². The average Bonchev–Trinajstić information content (AvgIpc) is 2.64. The molecule has 0 atom stereocenters. The van der Waals surface area contributed by atoms with E-state index >= 15 is 0 Å². The molecule has 0 N–H and O–H groups in total. The maximum absolute atomic E-state index is 13.3. The molecule has 0 aliphatic heterocycles. The third-order valence-corrected chi connectivity index (χ3v) is 3.00. The monoisotopic (exact) mass is 235 g/mol. The molecule has 0 unspecified atom stereocenters. The lowest BCUT2D eigenvalue weighted by Gasteiger charge is -1.99. The molecule has 0 saturated heterocycles. The molecule has 2 rings (SSSR count). The standard InChI is InChI=1S/C12H10FNOS/c1-8-14-9(7-16-8)6-12(15)10-4-2-3-5-11(10)13/h2-5,7H,6H2,1H3. The summed E-state index contributed by atoms with van der Waals surface area (Å²) in [6.45, 7) is 1.88. The van der Waals surface area contributed by atoms with Gasteiger partial charge in [-0.25, -0.2) is 9.37 Å².